The Morgan fingerprint density at radius 2 is 1.68 bits per heavy atom. The van der Waals surface area contributed by atoms with Crippen molar-refractivity contribution in [2.75, 3.05) is 27.9 Å². The Kier molecular flexibility index (Phi) is 6.49. The summed E-state index contributed by atoms with van der Waals surface area (Å²) in [6, 6.07) is 3.36. The summed E-state index contributed by atoms with van der Waals surface area (Å²) < 4.78 is 15.6. The monoisotopic (exact) mass is 311 g/mol. The van der Waals surface area contributed by atoms with Gasteiger partial charge >= 0.3 is 5.97 Å². The van der Waals surface area contributed by atoms with Gasteiger partial charge in [0.2, 0.25) is 11.7 Å². The van der Waals surface area contributed by atoms with Gasteiger partial charge in [0.1, 0.15) is 0 Å². The van der Waals surface area contributed by atoms with Crippen molar-refractivity contribution < 1.29 is 28.9 Å². The summed E-state index contributed by atoms with van der Waals surface area (Å²) in [6.45, 7) is 1.61. The molecule has 122 valence electrons. The minimum absolute atomic E-state index is 0.0819. The number of benzene rings is 1. The third-order valence-electron chi connectivity index (χ3n) is 3.12. The molecule has 0 fully saturated rings. The van der Waals surface area contributed by atoms with Crippen molar-refractivity contribution in [2.24, 2.45) is 5.92 Å². The van der Waals surface area contributed by atoms with Crippen molar-refractivity contribution in [3.63, 3.8) is 0 Å². The molecule has 0 aliphatic rings. The third kappa shape index (κ3) is 4.54. The van der Waals surface area contributed by atoms with Gasteiger partial charge in [-0.1, -0.05) is 6.92 Å². The lowest BCUT2D eigenvalue weighted by molar-refractivity contribution is -0.141. The minimum atomic E-state index is -0.951. The lowest BCUT2D eigenvalue weighted by Gasteiger charge is -2.14. The average molecular weight is 311 g/mol. The molecule has 0 aliphatic heterocycles. The zero-order valence-corrected chi connectivity index (χ0v) is 13.1. The topological polar surface area (TPSA) is 94.1 Å². The van der Waals surface area contributed by atoms with Crippen LogP contribution in [0, 0.1) is 5.92 Å². The molecule has 1 aromatic carbocycles. The number of hydrogen-bond donors (Lipinski definition) is 2. The highest BCUT2D eigenvalue weighted by Gasteiger charge is 2.16. The van der Waals surface area contributed by atoms with Crippen LogP contribution in [-0.2, 0) is 16.0 Å². The number of ether oxygens (including phenoxy) is 3. The Hall–Kier alpha value is -2.44. The number of carboxylic acid groups (broad SMARTS) is 1. The maximum absolute atomic E-state index is 11.9. The molecule has 0 bridgehead atoms. The van der Waals surface area contributed by atoms with Crippen LogP contribution in [0.1, 0.15) is 12.5 Å². The van der Waals surface area contributed by atoms with Gasteiger partial charge in [-0.25, -0.2) is 0 Å². The average Bonchev–Trinajstić information content (AvgIpc) is 2.51. The fourth-order valence-corrected chi connectivity index (χ4v) is 1.84. The van der Waals surface area contributed by atoms with Gasteiger partial charge in [0.05, 0.1) is 33.7 Å². The number of rotatable bonds is 8. The predicted molar refractivity (Wildman–Crippen MR) is 79.6 cm³/mol. The van der Waals surface area contributed by atoms with Crippen LogP contribution < -0.4 is 19.5 Å². The summed E-state index contributed by atoms with van der Waals surface area (Å²) in [7, 11) is 4.49. The molecule has 0 saturated heterocycles. The number of carbonyl (C=O) groups excluding carboxylic acids is 1. The highest BCUT2D eigenvalue weighted by Crippen LogP contribution is 2.38. The highest BCUT2D eigenvalue weighted by atomic mass is 16.5. The molecule has 1 amide bonds. The van der Waals surface area contributed by atoms with Crippen LogP contribution in [0.3, 0.4) is 0 Å². The first-order chi connectivity index (χ1) is 10.4. The molecule has 1 rings (SSSR count). The van der Waals surface area contributed by atoms with Crippen LogP contribution in [0.4, 0.5) is 0 Å². The second kappa shape index (κ2) is 8.11. The van der Waals surface area contributed by atoms with Crippen molar-refractivity contribution in [1.29, 1.82) is 0 Å². The molecule has 0 radical (unpaired) electrons. The molecule has 7 nitrogen and oxygen atoms in total. The lowest BCUT2D eigenvalue weighted by Crippen LogP contribution is -2.32. The van der Waals surface area contributed by atoms with Gasteiger partial charge in [0.25, 0.3) is 0 Å². The van der Waals surface area contributed by atoms with Crippen molar-refractivity contribution >= 4 is 11.9 Å². The van der Waals surface area contributed by atoms with Crippen LogP contribution in [0.2, 0.25) is 0 Å². The third-order valence-corrected chi connectivity index (χ3v) is 3.12. The van der Waals surface area contributed by atoms with E-state index in [-0.39, 0.29) is 18.9 Å². The smallest absolute Gasteiger partial charge is 0.308 e. The van der Waals surface area contributed by atoms with Gasteiger partial charge in [-0.05, 0) is 17.7 Å². The first kappa shape index (κ1) is 17.6. The van der Waals surface area contributed by atoms with Crippen molar-refractivity contribution in [2.45, 2.75) is 13.3 Å². The largest absolute Gasteiger partial charge is 0.493 e. The van der Waals surface area contributed by atoms with Crippen LogP contribution in [0.5, 0.6) is 17.2 Å². The zero-order chi connectivity index (χ0) is 16.7. The van der Waals surface area contributed by atoms with Gasteiger partial charge in [0, 0.05) is 6.54 Å². The molecule has 7 heteroatoms. The van der Waals surface area contributed by atoms with Gasteiger partial charge in [0.15, 0.2) is 11.5 Å². The minimum Gasteiger partial charge on any atom is -0.493 e. The first-order valence-corrected chi connectivity index (χ1v) is 6.71. The zero-order valence-electron chi connectivity index (χ0n) is 13.1. The van der Waals surface area contributed by atoms with Crippen LogP contribution in [0.15, 0.2) is 12.1 Å². The molecular weight excluding hydrogens is 290 g/mol. The van der Waals surface area contributed by atoms with E-state index in [2.05, 4.69) is 5.32 Å². The Labute approximate surface area is 129 Å². The summed E-state index contributed by atoms with van der Waals surface area (Å²) in [6.07, 6.45) is 0.0864. The summed E-state index contributed by atoms with van der Waals surface area (Å²) in [5.74, 6) is -0.486. The van der Waals surface area contributed by atoms with Crippen molar-refractivity contribution in [3.8, 4) is 17.2 Å². The van der Waals surface area contributed by atoms with E-state index in [4.69, 9.17) is 19.3 Å². The van der Waals surface area contributed by atoms with Crippen molar-refractivity contribution in [1.82, 2.24) is 5.32 Å². The molecule has 1 atom stereocenters. The van der Waals surface area contributed by atoms with E-state index < -0.39 is 11.9 Å². The van der Waals surface area contributed by atoms with E-state index in [9.17, 15) is 9.59 Å². The molecule has 1 aromatic rings. The Bertz CT molecular complexity index is 518. The Morgan fingerprint density at radius 3 is 2.09 bits per heavy atom. The number of aliphatic carboxylic acids is 1. The van der Waals surface area contributed by atoms with E-state index >= 15 is 0 Å². The van der Waals surface area contributed by atoms with Crippen LogP contribution in [0.25, 0.3) is 0 Å². The maximum atomic E-state index is 11.9. The fourth-order valence-electron chi connectivity index (χ4n) is 1.84. The van der Waals surface area contributed by atoms with E-state index in [1.807, 2.05) is 0 Å². The number of amides is 1. The van der Waals surface area contributed by atoms with Gasteiger partial charge in [-0.2, -0.15) is 0 Å². The van der Waals surface area contributed by atoms with Crippen molar-refractivity contribution in [3.05, 3.63) is 17.7 Å². The molecule has 0 aliphatic carbocycles. The molecular formula is C15H21NO6. The molecule has 22 heavy (non-hydrogen) atoms. The first-order valence-electron chi connectivity index (χ1n) is 6.71. The standard InChI is InChI=1S/C15H21NO6/c1-9(15(18)19)8-16-13(17)7-10-5-11(20-2)14(22-4)12(6-10)21-3/h5-6,9H,7-8H2,1-4H3,(H,16,17)(H,18,19). The number of hydrogen-bond acceptors (Lipinski definition) is 5. The summed E-state index contributed by atoms with van der Waals surface area (Å²) in [5, 5.41) is 11.4. The highest BCUT2D eigenvalue weighted by molar-refractivity contribution is 5.80. The maximum Gasteiger partial charge on any atom is 0.308 e. The number of nitrogens with one attached hydrogen (secondary N) is 1. The predicted octanol–water partition coefficient (Wildman–Crippen LogP) is 1.09. The van der Waals surface area contributed by atoms with Gasteiger partial charge in [-0.3, -0.25) is 9.59 Å². The molecule has 0 heterocycles. The van der Waals surface area contributed by atoms with Gasteiger partial charge < -0.3 is 24.6 Å². The fraction of sp³-hybridized carbons (Fsp3) is 0.467. The molecule has 2 N–H and O–H groups in total. The van der Waals surface area contributed by atoms with Gasteiger partial charge in [-0.15, -0.1) is 0 Å². The SMILES string of the molecule is COc1cc(CC(=O)NCC(C)C(=O)O)cc(OC)c1OC. The summed E-state index contributed by atoms with van der Waals surface area (Å²) in [4.78, 5) is 22.6. The number of carbonyl (C=O) groups is 2. The number of carboxylic acids is 1. The molecule has 0 saturated carbocycles. The summed E-state index contributed by atoms with van der Waals surface area (Å²) >= 11 is 0. The number of methoxy groups -OCH3 is 3. The molecule has 0 spiro atoms. The van der Waals surface area contributed by atoms with E-state index in [0.717, 1.165) is 0 Å². The Morgan fingerprint density at radius 1 is 1.14 bits per heavy atom. The van der Waals surface area contributed by atoms with E-state index in [0.29, 0.717) is 22.8 Å². The molecule has 0 aromatic heterocycles. The van der Waals surface area contributed by atoms with Crippen LogP contribution >= 0.6 is 0 Å². The van der Waals surface area contributed by atoms with E-state index in [1.54, 1.807) is 12.1 Å². The Balaban J connectivity index is 2.80. The van der Waals surface area contributed by atoms with E-state index in [1.165, 1.54) is 28.3 Å². The normalized spacial score (nSPS) is 11.5. The molecule has 1 unspecified atom stereocenters. The second-order valence-electron chi connectivity index (χ2n) is 4.75. The van der Waals surface area contributed by atoms with Crippen LogP contribution in [-0.4, -0.2) is 44.9 Å². The summed E-state index contributed by atoms with van der Waals surface area (Å²) in [5.41, 5.74) is 0.676. The quantitative estimate of drug-likeness (QED) is 0.746. The second-order valence-corrected chi connectivity index (χ2v) is 4.75. The lowest BCUT2D eigenvalue weighted by atomic mass is 10.1.